The minimum absolute atomic E-state index is 0.0634. The van der Waals surface area contributed by atoms with E-state index in [1.54, 1.807) is 48.5 Å². The highest BCUT2D eigenvalue weighted by molar-refractivity contribution is 5.93. The van der Waals surface area contributed by atoms with Crippen molar-refractivity contribution in [2.75, 3.05) is 5.32 Å². The minimum atomic E-state index is -0.498. The van der Waals surface area contributed by atoms with Crippen molar-refractivity contribution in [3.05, 3.63) is 59.7 Å². The molecule has 1 amide bonds. The first-order valence-corrected chi connectivity index (χ1v) is 8.46. The topological polar surface area (TPSA) is 117 Å². The predicted octanol–water partition coefficient (Wildman–Crippen LogP) is 2.67. The Morgan fingerprint density at radius 2 is 1.63 bits per heavy atom. The van der Waals surface area contributed by atoms with Gasteiger partial charge in [-0.25, -0.2) is 4.79 Å². The zero-order valence-electron chi connectivity index (χ0n) is 15.6. The number of hydrogen-bond donors (Lipinski definition) is 4. The molecular weight excluding hydrogens is 344 g/mol. The molecule has 0 saturated heterocycles. The lowest BCUT2D eigenvalue weighted by molar-refractivity contribution is -0.121. The molecule has 27 heavy (non-hydrogen) atoms. The maximum absolute atomic E-state index is 12.2. The summed E-state index contributed by atoms with van der Waals surface area (Å²) in [5.41, 5.74) is 6.79. The summed E-state index contributed by atoms with van der Waals surface area (Å²) in [6.45, 7) is 5.78. The Balaban J connectivity index is 1.94. The Morgan fingerprint density at radius 1 is 1.04 bits per heavy atom. The Labute approximate surface area is 158 Å². The number of carbonyl (C=O) groups is 2. The van der Waals surface area contributed by atoms with Crippen LogP contribution in [0.1, 0.15) is 36.7 Å². The van der Waals surface area contributed by atoms with Gasteiger partial charge in [-0.05, 0) is 62.7 Å². The summed E-state index contributed by atoms with van der Waals surface area (Å²) in [6.07, 6.45) is 0.260. The van der Waals surface area contributed by atoms with Gasteiger partial charge >= 0.3 is 5.97 Å². The van der Waals surface area contributed by atoms with Gasteiger partial charge in [0, 0.05) is 11.2 Å². The van der Waals surface area contributed by atoms with Crippen LogP contribution in [0.4, 0.5) is 5.69 Å². The number of benzene rings is 2. The van der Waals surface area contributed by atoms with Crippen molar-refractivity contribution in [3.8, 4) is 5.75 Å². The van der Waals surface area contributed by atoms with Crippen LogP contribution in [0.3, 0.4) is 0 Å². The second-order valence-electron chi connectivity index (χ2n) is 7.12. The van der Waals surface area contributed by atoms with Gasteiger partial charge in [0.25, 0.3) is 0 Å². The summed E-state index contributed by atoms with van der Waals surface area (Å²) in [5, 5.41) is 12.7. The lowest BCUT2D eigenvalue weighted by Gasteiger charge is -2.20. The SMILES string of the molecule is CC(C)(C)NC(=O)Cc1ccc(OC(=O)c2ccc(NC(=N)N)cc2)cc1. The van der Waals surface area contributed by atoms with E-state index in [0.29, 0.717) is 17.0 Å². The molecule has 0 bridgehead atoms. The van der Waals surface area contributed by atoms with Crippen LogP contribution in [0.5, 0.6) is 5.75 Å². The summed E-state index contributed by atoms with van der Waals surface area (Å²) in [5.74, 6) is -0.346. The molecule has 0 aliphatic rings. The third kappa shape index (κ3) is 6.81. The smallest absolute Gasteiger partial charge is 0.343 e. The number of hydrogen-bond acceptors (Lipinski definition) is 4. The number of ether oxygens (including phenoxy) is 1. The number of guanidine groups is 1. The molecule has 0 unspecified atom stereocenters. The van der Waals surface area contributed by atoms with Crippen LogP contribution in [0.2, 0.25) is 0 Å². The van der Waals surface area contributed by atoms with Crippen LogP contribution >= 0.6 is 0 Å². The van der Waals surface area contributed by atoms with E-state index in [0.717, 1.165) is 5.56 Å². The van der Waals surface area contributed by atoms with Gasteiger partial charge < -0.3 is 21.1 Å². The summed E-state index contributed by atoms with van der Waals surface area (Å²) >= 11 is 0. The third-order valence-corrected chi connectivity index (χ3v) is 3.41. The zero-order chi connectivity index (χ0) is 20.0. The second kappa shape index (κ2) is 8.35. The summed E-state index contributed by atoms with van der Waals surface area (Å²) in [4.78, 5) is 24.1. The van der Waals surface area contributed by atoms with Crippen molar-refractivity contribution in [2.24, 2.45) is 5.73 Å². The quantitative estimate of drug-likeness (QED) is 0.280. The van der Waals surface area contributed by atoms with Gasteiger partial charge in [0.15, 0.2) is 5.96 Å². The maximum atomic E-state index is 12.2. The largest absolute Gasteiger partial charge is 0.423 e. The van der Waals surface area contributed by atoms with E-state index in [-0.39, 0.29) is 23.8 Å². The standard InChI is InChI=1S/C20H24N4O3/c1-20(2,3)24-17(25)12-13-4-10-16(11-5-13)27-18(26)14-6-8-15(9-7-14)23-19(21)22/h4-11H,12H2,1-3H3,(H,24,25)(H4,21,22,23). The fourth-order valence-electron chi connectivity index (χ4n) is 2.33. The van der Waals surface area contributed by atoms with Crippen LogP contribution in [0.15, 0.2) is 48.5 Å². The van der Waals surface area contributed by atoms with Gasteiger partial charge in [0.05, 0.1) is 12.0 Å². The van der Waals surface area contributed by atoms with E-state index in [4.69, 9.17) is 15.9 Å². The van der Waals surface area contributed by atoms with E-state index < -0.39 is 5.97 Å². The molecule has 2 aromatic rings. The molecule has 5 N–H and O–H groups in total. The van der Waals surface area contributed by atoms with Crippen LogP contribution < -0.4 is 21.1 Å². The molecule has 0 fully saturated rings. The average molecular weight is 368 g/mol. The molecule has 2 rings (SSSR count). The summed E-state index contributed by atoms with van der Waals surface area (Å²) in [7, 11) is 0. The highest BCUT2D eigenvalue weighted by Gasteiger charge is 2.14. The second-order valence-corrected chi connectivity index (χ2v) is 7.12. The van der Waals surface area contributed by atoms with Crippen LogP contribution in [-0.2, 0) is 11.2 Å². The van der Waals surface area contributed by atoms with Gasteiger partial charge in [-0.15, -0.1) is 0 Å². The Bertz CT molecular complexity index is 822. The molecule has 7 nitrogen and oxygen atoms in total. The van der Waals surface area contributed by atoms with Gasteiger partial charge in [-0.3, -0.25) is 10.2 Å². The lowest BCUT2D eigenvalue weighted by Crippen LogP contribution is -2.41. The number of carbonyl (C=O) groups excluding carboxylic acids is 2. The number of anilines is 1. The highest BCUT2D eigenvalue weighted by Crippen LogP contribution is 2.16. The van der Waals surface area contributed by atoms with Gasteiger partial charge in [0.1, 0.15) is 5.75 Å². The van der Waals surface area contributed by atoms with E-state index >= 15 is 0 Å². The van der Waals surface area contributed by atoms with E-state index in [1.165, 1.54) is 0 Å². The molecule has 0 aliphatic carbocycles. The number of rotatable bonds is 5. The molecule has 0 saturated carbocycles. The highest BCUT2D eigenvalue weighted by atomic mass is 16.5. The molecule has 7 heteroatoms. The minimum Gasteiger partial charge on any atom is -0.423 e. The Morgan fingerprint density at radius 3 is 2.15 bits per heavy atom. The lowest BCUT2D eigenvalue weighted by atomic mass is 10.1. The van der Waals surface area contributed by atoms with Crippen molar-refractivity contribution >= 4 is 23.5 Å². The monoisotopic (exact) mass is 368 g/mol. The molecule has 0 spiro atoms. The van der Waals surface area contributed by atoms with Crippen molar-refractivity contribution in [2.45, 2.75) is 32.7 Å². The van der Waals surface area contributed by atoms with E-state index in [1.807, 2.05) is 20.8 Å². The average Bonchev–Trinajstić information content (AvgIpc) is 2.55. The van der Waals surface area contributed by atoms with Crippen molar-refractivity contribution in [1.82, 2.24) is 5.32 Å². The number of nitrogens with one attached hydrogen (secondary N) is 3. The maximum Gasteiger partial charge on any atom is 0.343 e. The first-order chi connectivity index (χ1) is 12.6. The summed E-state index contributed by atoms with van der Waals surface area (Å²) < 4.78 is 5.34. The third-order valence-electron chi connectivity index (χ3n) is 3.41. The fraction of sp³-hybridized carbons (Fsp3) is 0.250. The molecule has 0 aromatic heterocycles. The normalized spacial score (nSPS) is 10.8. The van der Waals surface area contributed by atoms with Crippen LogP contribution in [0.25, 0.3) is 0 Å². The van der Waals surface area contributed by atoms with Gasteiger partial charge in [-0.1, -0.05) is 12.1 Å². The molecule has 0 heterocycles. The number of amides is 1. The first kappa shape index (κ1) is 20.0. The summed E-state index contributed by atoms with van der Waals surface area (Å²) in [6, 6.07) is 13.3. The molecule has 0 aliphatic heterocycles. The van der Waals surface area contributed by atoms with Crippen molar-refractivity contribution in [1.29, 1.82) is 5.41 Å². The Hall–Kier alpha value is -3.35. The predicted molar refractivity (Wildman–Crippen MR) is 105 cm³/mol. The molecular formula is C20H24N4O3. The van der Waals surface area contributed by atoms with Crippen LogP contribution in [-0.4, -0.2) is 23.4 Å². The molecule has 142 valence electrons. The number of esters is 1. The van der Waals surface area contributed by atoms with Gasteiger partial charge in [0.2, 0.25) is 5.91 Å². The molecule has 0 atom stereocenters. The van der Waals surface area contributed by atoms with Gasteiger partial charge in [-0.2, -0.15) is 0 Å². The van der Waals surface area contributed by atoms with Crippen molar-refractivity contribution in [3.63, 3.8) is 0 Å². The fourth-order valence-corrected chi connectivity index (χ4v) is 2.33. The van der Waals surface area contributed by atoms with E-state index in [2.05, 4.69) is 10.6 Å². The molecule has 2 aromatic carbocycles. The Kier molecular flexibility index (Phi) is 6.18. The van der Waals surface area contributed by atoms with Crippen LogP contribution in [0, 0.1) is 5.41 Å². The first-order valence-electron chi connectivity index (χ1n) is 8.46. The van der Waals surface area contributed by atoms with Crippen molar-refractivity contribution < 1.29 is 14.3 Å². The molecule has 0 radical (unpaired) electrons. The zero-order valence-corrected chi connectivity index (χ0v) is 15.6. The number of nitrogens with two attached hydrogens (primary N) is 1. The van der Waals surface area contributed by atoms with E-state index in [9.17, 15) is 9.59 Å².